The molecule has 1 amide bonds. The van der Waals surface area contributed by atoms with E-state index in [1.165, 1.54) is 0 Å². The van der Waals surface area contributed by atoms with Crippen molar-refractivity contribution >= 4 is 17.5 Å². The Morgan fingerprint density at radius 1 is 1.28 bits per heavy atom. The molecule has 154 valence electrons. The van der Waals surface area contributed by atoms with Gasteiger partial charge in [-0.2, -0.15) is 0 Å². The standard InChI is InChI=1S/C23H27ClN2O3/c1-2-21-8-15-9-22(12-21,14-23(28,10-15)13-21)20(27)25-11-16-7-19(29-26-16)17-5-3-4-6-18(17)24/h3-7,15,28H,2,8-14H2,1H3,(H,25,27). The van der Waals surface area contributed by atoms with Crippen LogP contribution in [0.3, 0.4) is 0 Å². The molecular weight excluding hydrogens is 388 g/mol. The summed E-state index contributed by atoms with van der Waals surface area (Å²) < 4.78 is 5.44. The third kappa shape index (κ3) is 3.19. The predicted octanol–water partition coefficient (Wildman–Crippen LogP) is 4.72. The molecule has 29 heavy (non-hydrogen) atoms. The van der Waals surface area contributed by atoms with E-state index in [9.17, 15) is 9.90 Å². The largest absolute Gasteiger partial charge is 0.390 e. The first-order chi connectivity index (χ1) is 13.8. The zero-order chi connectivity index (χ0) is 20.3. The van der Waals surface area contributed by atoms with Crippen molar-refractivity contribution in [2.45, 2.75) is 64.0 Å². The Balaban J connectivity index is 1.31. The molecular formula is C23H27ClN2O3. The van der Waals surface area contributed by atoms with E-state index < -0.39 is 11.0 Å². The van der Waals surface area contributed by atoms with Crippen molar-refractivity contribution in [1.29, 1.82) is 0 Å². The van der Waals surface area contributed by atoms with E-state index in [4.69, 9.17) is 16.1 Å². The number of hydrogen-bond acceptors (Lipinski definition) is 4. The van der Waals surface area contributed by atoms with Gasteiger partial charge < -0.3 is 14.9 Å². The second kappa shape index (κ2) is 6.58. The Morgan fingerprint density at radius 2 is 2.10 bits per heavy atom. The van der Waals surface area contributed by atoms with Crippen molar-refractivity contribution in [1.82, 2.24) is 10.5 Å². The number of nitrogens with zero attached hydrogens (tertiary/aromatic N) is 1. The second-order valence-corrected chi connectivity index (χ2v) is 10.1. The quantitative estimate of drug-likeness (QED) is 0.742. The molecule has 6 rings (SSSR count). The maximum Gasteiger partial charge on any atom is 0.226 e. The smallest absolute Gasteiger partial charge is 0.226 e. The summed E-state index contributed by atoms with van der Waals surface area (Å²) in [6, 6.07) is 9.27. The van der Waals surface area contributed by atoms with Gasteiger partial charge in [0.05, 0.1) is 22.6 Å². The number of aliphatic hydroxyl groups is 1. The molecule has 4 fully saturated rings. The van der Waals surface area contributed by atoms with E-state index in [1.807, 2.05) is 30.3 Å². The molecule has 4 unspecified atom stereocenters. The number of nitrogens with one attached hydrogen (secondary N) is 1. The van der Waals surface area contributed by atoms with Crippen LogP contribution in [0, 0.1) is 16.7 Å². The van der Waals surface area contributed by atoms with Crippen molar-refractivity contribution in [3.05, 3.63) is 41.0 Å². The van der Waals surface area contributed by atoms with Gasteiger partial charge >= 0.3 is 0 Å². The molecule has 4 aliphatic carbocycles. The van der Waals surface area contributed by atoms with Crippen molar-refractivity contribution < 1.29 is 14.4 Å². The minimum absolute atomic E-state index is 0.0557. The van der Waals surface area contributed by atoms with Crippen LogP contribution >= 0.6 is 11.6 Å². The number of hydrogen-bond donors (Lipinski definition) is 2. The van der Waals surface area contributed by atoms with Gasteiger partial charge in [-0.25, -0.2) is 0 Å². The summed E-state index contributed by atoms with van der Waals surface area (Å²) in [5, 5.41) is 18.9. The van der Waals surface area contributed by atoms with Crippen molar-refractivity contribution in [3.63, 3.8) is 0 Å². The van der Waals surface area contributed by atoms with E-state index in [0.717, 1.165) is 44.1 Å². The second-order valence-electron chi connectivity index (χ2n) is 9.71. The van der Waals surface area contributed by atoms with Gasteiger partial charge in [0.15, 0.2) is 5.76 Å². The molecule has 4 saturated carbocycles. The van der Waals surface area contributed by atoms with Crippen LogP contribution < -0.4 is 5.32 Å². The minimum atomic E-state index is -0.669. The number of carbonyl (C=O) groups excluding carboxylic acids is 1. The average molecular weight is 415 g/mol. The highest BCUT2D eigenvalue weighted by molar-refractivity contribution is 6.33. The third-order valence-corrected chi connectivity index (χ3v) is 7.84. The molecule has 1 aromatic heterocycles. The predicted molar refractivity (Wildman–Crippen MR) is 110 cm³/mol. The maximum absolute atomic E-state index is 13.3. The van der Waals surface area contributed by atoms with E-state index in [1.54, 1.807) is 0 Å². The summed E-state index contributed by atoms with van der Waals surface area (Å²) in [5.41, 5.74) is 0.461. The zero-order valence-corrected chi connectivity index (χ0v) is 17.5. The molecule has 1 aromatic carbocycles. The third-order valence-electron chi connectivity index (χ3n) is 7.51. The van der Waals surface area contributed by atoms with E-state index >= 15 is 0 Å². The molecule has 2 aromatic rings. The van der Waals surface area contributed by atoms with Crippen LogP contribution in [0.25, 0.3) is 11.3 Å². The van der Waals surface area contributed by atoms with Crippen molar-refractivity contribution in [2.24, 2.45) is 16.7 Å². The molecule has 1 heterocycles. The number of benzene rings is 1. The number of halogens is 1. The van der Waals surface area contributed by atoms with E-state index in [2.05, 4.69) is 17.4 Å². The molecule has 0 aliphatic heterocycles. The van der Waals surface area contributed by atoms with Crippen LogP contribution in [0.2, 0.25) is 5.02 Å². The summed E-state index contributed by atoms with van der Waals surface area (Å²) >= 11 is 6.23. The fourth-order valence-corrected chi connectivity index (χ4v) is 7.00. The summed E-state index contributed by atoms with van der Waals surface area (Å²) in [7, 11) is 0. The average Bonchev–Trinajstić information content (AvgIpc) is 3.13. The molecule has 4 bridgehead atoms. The lowest BCUT2D eigenvalue weighted by atomic mass is 9.42. The molecule has 4 atom stereocenters. The van der Waals surface area contributed by atoms with Gasteiger partial charge in [0.1, 0.15) is 5.69 Å². The summed E-state index contributed by atoms with van der Waals surface area (Å²) in [6.07, 6.45) is 6.28. The lowest BCUT2D eigenvalue weighted by Crippen LogP contribution is -2.63. The van der Waals surface area contributed by atoms with Crippen LogP contribution in [-0.2, 0) is 11.3 Å². The van der Waals surface area contributed by atoms with Gasteiger partial charge in [-0.1, -0.05) is 42.2 Å². The van der Waals surface area contributed by atoms with Gasteiger partial charge in [-0.05, 0) is 62.0 Å². The molecule has 0 saturated heterocycles. The van der Waals surface area contributed by atoms with Crippen LogP contribution in [0.4, 0.5) is 0 Å². The zero-order valence-electron chi connectivity index (χ0n) is 16.7. The van der Waals surface area contributed by atoms with Crippen LogP contribution in [0.5, 0.6) is 0 Å². The monoisotopic (exact) mass is 414 g/mol. The molecule has 5 nitrogen and oxygen atoms in total. The normalized spacial score (nSPS) is 35.1. The van der Waals surface area contributed by atoms with Crippen LogP contribution in [0.1, 0.15) is 57.6 Å². The Bertz CT molecular complexity index is 959. The van der Waals surface area contributed by atoms with Gasteiger partial charge in [0.2, 0.25) is 5.91 Å². The Labute approximate surface area is 175 Å². The lowest BCUT2D eigenvalue weighted by molar-refractivity contribution is -0.204. The number of rotatable bonds is 5. The first-order valence-electron chi connectivity index (χ1n) is 10.6. The molecule has 2 N–H and O–H groups in total. The summed E-state index contributed by atoms with van der Waals surface area (Å²) in [4.78, 5) is 13.3. The number of aromatic nitrogens is 1. The van der Waals surface area contributed by atoms with Gasteiger partial charge in [0.25, 0.3) is 0 Å². The summed E-state index contributed by atoms with van der Waals surface area (Å²) in [6.45, 7) is 2.52. The highest BCUT2D eigenvalue weighted by Gasteiger charge is 2.64. The highest BCUT2D eigenvalue weighted by atomic mass is 35.5. The first kappa shape index (κ1) is 19.1. The van der Waals surface area contributed by atoms with Gasteiger partial charge in [0, 0.05) is 11.6 Å². The minimum Gasteiger partial charge on any atom is -0.390 e. The molecule has 4 aliphatic rings. The first-order valence-corrected chi connectivity index (χ1v) is 10.9. The summed E-state index contributed by atoms with van der Waals surface area (Å²) in [5.74, 6) is 1.11. The molecule has 6 heteroatoms. The number of carbonyl (C=O) groups is 1. The SMILES string of the molecule is CCC12CC3CC(O)(C1)CC(C(=O)NCc1cc(-c4ccccc4Cl)on1)(C3)C2. The number of amides is 1. The van der Waals surface area contributed by atoms with E-state index in [0.29, 0.717) is 35.4 Å². The van der Waals surface area contributed by atoms with Crippen LogP contribution in [-0.4, -0.2) is 21.8 Å². The Hall–Kier alpha value is -1.85. The topological polar surface area (TPSA) is 75.4 Å². The molecule has 0 spiro atoms. The maximum atomic E-state index is 13.3. The van der Waals surface area contributed by atoms with Crippen molar-refractivity contribution in [3.8, 4) is 11.3 Å². The molecule has 0 radical (unpaired) electrons. The lowest BCUT2D eigenvalue weighted by Gasteiger charge is -2.64. The van der Waals surface area contributed by atoms with Gasteiger partial charge in [-0.3, -0.25) is 4.79 Å². The van der Waals surface area contributed by atoms with Crippen molar-refractivity contribution in [2.75, 3.05) is 0 Å². The van der Waals surface area contributed by atoms with Crippen LogP contribution in [0.15, 0.2) is 34.9 Å². The Kier molecular flexibility index (Phi) is 4.34. The van der Waals surface area contributed by atoms with Gasteiger partial charge in [-0.15, -0.1) is 0 Å². The fraction of sp³-hybridized carbons (Fsp3) is 0.565. The fourth-order valence-electron chi connectivity index (χ4n) is 6.77. The van der Waals surface area contributed by atoms with E-state index in [-0.39, 0.29) is 11.3 Å². The Morgan fingerprint density at radius 3 is 2.86 bits per heavy atom. The highest BCUT2D eigenvalue weighted by Crippen LogP contribution is 2.67.